The second-order valence-electron chi connectivity index (χ2n) is 3.84. The third-order valence-electron chi connectivity index (χ3n) is 2.50. The summed E-state index contributed by atoms with van der Waals surface area (Å²) >= 11 is 3.42. The quantitative estimate of drug-likeness (QED) is 0.793. The topological polar surface area (TPSA) is 43.7 Å². The molecular formula is C13H18BrNO2. The molecule has 0 bridgehead atoms. The highest BCUT2D eigenvalue weighted by molar-refractivity contribution is 9.10. The Morgan fingerprint density at radius 2 is 2.24 bits per heavy atom. The maximum absolute atomic E-state index is 9.75. The first-order chi connectivity index (χ1) is 8.10. The molecule has 3 nitrogen and oxygen atoms in total. The third-order valence-corrected chi connectivity index (χ3v) is 3.00. The number of halogens is 1. The van der Waals surface area contributed by atoms with E-state index in [2.05, 4.69) is 22.5 Å². The van der Waals surface area contributed by atoms with E-state index in [1.165, 1.54) is 0 Å². The highest BCUT2D eigenvalue weighted by Gasteiger charge is 2.13. The van der Waals surface area contributed by atoms with Gasteiger partial charge in [0.2, 0.25) is 0 Å². The van der Waals surface area contributed by atoms with Gasteiger partial charge in [-0.15, -0.1) is 6.58 Å². The van der Waals surface area contributed by atoms with E-state index in [-0.39, 0.29) is 6.61 Å². The first-order valence-electron chi connectivity index (χ1n) is 5.54. The fraction of sp³-hybridized carbons (Fsp3) is 0.385. The molecule has 1 atom stereocenters. The van der Waals surface area contributed by atoms with Gasteiger partial charge in [0, 0.05) is 28.8 Å². The summed E-state index contributed by atoms with van der Waals surface area (Å²) in [4.78, 5) is 1.99. The Labute approximate surface area is 111 Å². The van der Waals surface area contributed by atoms with E-state index < -0.39 is 6.10 Å². The fourth-order valence-corrected chi connectivity index (χ4v) is 2.08. The molecule has 4 heteroatoms. The van der Waals surface area contributed by atoms with Crippen molar-refractivity contribution >= 4 is 21.6 Å². The molecule has 0 spiro atoms. The molecule has 0 aliphatic rings. The van der Waals surface area contributed by atoms with Crippen molar-refractivity contribution in [2.45, 2.75) is 13.0 Å². The Balaban J connectivity index is 3.13. The summed E-state index contributed by atoms with van der Waals surface area (Å²) in [6, 6.07) is 5.73. The van der Waals surface area contributed by atoms with E-state index in [0.717, 1.165) is 15.7 Å². The SMILES string of the molecule is C=CCN(CCO)c1cc(Br)ccc1C(C)O. The van der Waals surface area contributed by atoms with Crippen molar-refractivity contribution in [3.8, 4) is 0 Å². The van der Waals surface area contributed by atoms with E-state index in [1.807, 2.05) is 23.1 Å². The first kappa shape index (κ1) is 14.2. The van der Waals surface area contributed by atoms with Gasteiger partial charge in [0.05, 0.1) is 12.7 Å². The van der Waals surface area contributed by atoms with Crippen LogP contribution >= 0.6 is 15.9 Å². The van der Waals surface area contributed by atoms with Gasteiger partial charge in [-0.1, -0.05) is 28.1 Å². The zero-order chi connectivity index (χ0) is 12.8. The Morgan fingerprint density at radius 1 is 1.53 bits per heavy atom. The van der Waals surface area contributed by atoms with Crippen LogP contribution in [-0.2, 0) is 0 Å². The van der Waals surface area contributed by atoms with Crippen molar-refractivity contribution in [3.05, 3.63) is 40.9 Å². The molecule has 0 fully saturated rings. The van der Waals surface area contributed by atoms with Crippen LogP contribution in [0.25, 0.3) is 0 Å². The maximum atomic E-state index is 9.75. The lowest BCUT2D eigenvalue weighted by Gasteiger charge is -2.26. The molecule has 17 heavy (non-hydrogen) atoms. The molecule has 0 amide bonds. The minimum Gasteiger partial charge on any atom is -0.395 e. The molecule has 0 aliphatic heterocycles. The van der Waals surface area contributed by atoms with E-state index in [9.17, 15) is 5.11 Å². The zero-order valence-electron chi connectivity index (χ0n) is 9.93. The molecule has 0 saturated carbocycles. The number of benzene rings is 1. The highest BCUT2D eigenvalue weighted by atomic mass is 79.9. The van der Waals surface area contributed by atoms with Crippen LogP contribution in [0.5, 0.6) is 0 Å². The standard InChI is InChI=1S/C13H18BrNO2/c1-3-6-15(7-8-16)13-9-11(14)4-5-12(13)10(2)17/h3-5,9-10,16-17H,1,6-8H2,2H3. The van der Waals surface area contributed by atoms with Gasteiger partial charge in [0.25, 0.3) is 0 Å². The average molecular weight is 300 g/mol. The Morgan fingerprint density at radius 3 is 2.76 bits per heavy atom. The molecule has 0 radical (unpaired) electrons. The molecule has 1 aromatic carbocycles. The van der Waals surface area contributed by atoms with Gasteiger partial charge >= 0.3 is 0 Å². The number of aliphatic hydroxyl groups excluding tert-OH is 2. The van der Waals surface area contributed by atoms with Crippen LogP contribution in [-0.4, -0.2) is 29.9 Å². The number of aliphatic hydroxyl groups is 2. The molecule has 1 rings (SSSR count). The van der Waals surface area contributed by atoms with Gasteiger partial charge in [-0.3, -0.25) is 0 Å². The molecule has 0 saturated heterocycles. The number of rotatable bonds is 6. The second kappa shape index (κ2) is 6.79. The molecule has 0 aliphatic carbocycles. The summed E-state index contributed by atoms with van der Waals surface area (Å²) in [5, 5.41) is 18.8. The summed E-state index contributed by atoms with van der Waals surface area (Å²) in [6.07, 6.45) is 1.24. The lowest BCUT2D eigenvalue weighted by Crippen LogP contribution is -2.28. The van der Waals surface area contributed by atoms with Crippen LogP contribution in [0.1, 0.15) is 18.6 Å². The first-order valence-corrected chi connectivity index (χ1v) is 6.33. The van der Waals surface area contributed by atoms with Gasteiger partial charge in [-0.05, 0) is 19.1 Å². The van der Waals surface area contributed by atoms with Gasteiger partial charge in [-0.25, -0.2) is 0 Å². The zero-order valence-corrected chi connectivity index (χ0v) is 11.5. The third kappa shape index (κ3) is 3.84. The predicted octanol–water partition coefficient (Wildman–Crippen LogP) is 2.49. The van der Waals surface area contributed by atoms with Crippen LogP contribution < -0.4 is 4.90 Å². The van der Waals surface area contributed by atoms with E-state index in [1.54, 1.807) is 13.0 Å². The number of hydrogen-bond acceptors (Lipinski definition) is 3. The van der Waals surface area contributed by atoms with Crippen molar-refractivity contribution in [1.29, 1.82) is 0 Å². The van der Waals surface area contributed by atoms with E-state index >= 15 is 0 Å². The maximum Gasteiger partial charge on any atom is 0.0782 e. The summed E-state index contributed by atoms with van der Waals surface area (Å²) in [5.74, 6) is 0. The fourth-order valence-electron chi connectivity index (χ4n) is 1.73. The van der Waals surface area contributed by atoms with Crippen LogP contribution in [0.15, 0.2) is 35.3 Å². The highest BCUT2D eigenvalue weighted by Crippen LogP contribution is 2.29. The number of hydrogen-bond donors (Lipinski definition) is 2. The van der Waals surface area contributed by atoms with Crippen molar-refractivity contribution in [2.75, 3.05) is 24.6 Å². The van der Waals surface area contributed by atoms with Gasteiger partial charge < -0.3 is 15.1 Å². The van der Waals surface area contributed by atoms with Gasteiger partial charge in [0.15, 0.2) is 0 Å². The van der Waals surface area contributed by atoms with Crippen LogP contribution in [0, 0.1) is 0 Å². The van der Waals surface area contributed by atoms with Crippen molar-refractivity contribution in [3.63, 3.8) is 0 Å². The monoisotopic (exact) mass is 299 g/mol. The van der Waals surface area contributed by atoms with Crippen LogP contribution in [0.4, 0.5) is 5.69 Å². The molecule has 1 unspecified atom stereocenters. The van der Waals surface area contributed by atoms with Crippen molar-refractivity contribution < 1.29 is 10.2 Å². The molecular weight excluding hydrogens is 282 g/mol. The van der Waals surface area contributed by atoms with Crippen LogP contribution in [0.2, 0.25) is 0 Å². The molecule has 1 aromatic rings. The smallest absolute Gasteiger partial charge is 0.0782 e. The van der Waals surface area contributed by atoms with Crippen molar-refractivity contribution in [2.24, 2.45) is 0 Å². The molecule has 0 aromatic heterocycles. The number of anilines is 1. The predicted molar refractivity (Wildman–Crippen MR) is 74.3 cm³/mol. The summed E-state index contributed by atoms with van der Waals surface area (Å²) in [5.41, 5.74) is 1.77. The lowest BCUT2D eigenvalue weighted by molar-refractivity contribution is 0.199. The molecule has 94 valence electrons. The minimum absolute atomic E-state index is 0.0691. The molecule has 2 N–H and O–H groups in total. The Bertz CT molecular complexity index is 380. The number of nitrogens with zero attached hydrogens (tertiary/aromatic N) is 1. The normalized spacial score (nSPS) is 12.2. The van der Waals surface area contributed by atoms with E-state index in [0.29, 0.717) is 13.1 Å². The van der Waals surface area contributed by atoms with E-state index in [4.69, 9.17) is 5.11 Å². The lowest BCUT2D eigenvalue weighted by atomic mass is 10.1. The largest absolute Gasteiger partial charge is 0.395 e. The Kier molecular flexibility index (Phi) is 5.68. The second-order valence-corrected chi connectivity index (χ2v) is 4.75. The Hall–Kier alpha value is -0.840. The van der Waals surface area contributed by atoms with Crippen LogP contribution in [0.3, 0.4) is 0 Å². The van der Waals surface area contributed by atoms with Gasteiger partial charge in [-0.2, -0.15) is 0 Å². The van der Waals surface area contributed by atoms with Gasteiger partial charge in [0.1, 0.15) is 0 Å². The summed E-state index contributed by atoms with van der Waals surface area (Å²) in [7, 11) is 0. The van der Waals surface area contributed by atoms with Crippen molar-refractivity contribution in [1.82, 2.24) is 0 Å². The molecule has 0 heterocycles. The average Bonchev–Trinajstić information content (AvgIpc) is 2.28. The summed E-state index contributed by atoms with van der Waals surface area (Å²) < 4.78 is 0.948. The minimum atomic E-state index is -0.538. The summed E-state index contributed by atoms with van der Waals surface area (Å²) in [6.45, 7) is 6.66.